The Morgan fingerprint density at radius 2 is 2.64 bits per heavy atom. The van der Waals surface area contributed by atoms with Gasteiger partial charge in [0.2, 0.25) is 0 Å². The summed E-state index contributed by atoms with van der Waals surface area (Å²) in [4.78, 5) is 0. The molecule has 0 atom stereocenters. The molecule has 1 rings (SSSR count). The van der Waals surface area contributed by atoms with E-state index >= 15 is 0 Å². The topological polar surface area (TPSA) is 101 Å². The van der Waals surface area contributed by atoms with Gasteiger partial charge in [0.05, 0.1) is 0 Å². The SMILES string of the molecule is NN=NN=COCSc1n[nH]c(=S)s1. The average Bonchev–Trinajstić information content (AvgIpc) is 2.58. The predicted molar refractivity (Wildman–Crippen MR) is 56.6 cm³/mol. The first kappa shape index (κ1) is 11.1. The van der Waals surface area contributed by atoms with Gasteiger partial charge in [-0.1, -0.05) is 33.4 Å². The van der Waals surface area contributed by atoms with E-state index in [0.717, 1.165) is 10.7 Å². The summed E-state index contributed by atoms with van der Waals surface area (Å²) in [7, 11) is 0. The van der Waals surface area contributed by atoms with Gasteiger partial charge in [-0.2, -0.15) is 5.10 Å². The van der Waals surface area contributed by atoms with Crippen LogP contribution in [0.25, 0.3) is 0 Å². The van der Waals surface area contributed by atoms with E-state index < -0.39 is 0 Å². The number of nitrogens with zero attached hydrogens (tertiary/aromatic N) is 4. The van der Waals surface area contributed by atoms with Crippen LogP contribution in [0.1, 0.15) is 0 Å². The highest BCUT2D eigenvalue weighted by Gasteiger charge is 1.96. The molecule has 0 saturated carbocycles. The number of rotatable bonds is 5. The molecular formula is C4H6N6OS3. The van der Waals surface area contributed by atoms with Crippen LogP contribution in [0.5, 0.6) is 0 Å². The van der Waals surface area contributed by atoms with Gasteiger partial charge in [-0.15, -0.1) is 0 Å². The Morgan fingerprint density at radius 3 is 3.29 bits per heavy atom. The highest BCUT2D eigenvalue weighted by molar-refractivity contribution is 8.00. The standard InChI is InChI=1S/C4H6N6OS3/c5-9-10-6-1-11-2-13-4-8-7-3(12)14-4/h1H,2H2,(H2,5,10)(H,7,12). The van der Waals surface area contributed by atoms with Crippen molar-refractivity contribution in [1.29, 1.82) is 0 Å². The fourth-order valence-electron chi connectivity index (χ4n) is 0.477. The Kier molecular flexibility index (Phi) is 5.11. The molecule has 3 N–H and O–H groups in total. The van der Waals surface area contributed by atoms with E-state index in [1.54, 1.807) is 0 Å². The van der Waals surface area contributed by atoms with Crippen molar-refractivity contribution in [2.24, 2.45) is 21.4 Å². The van der Waals surface area contributed by atoms with Crippen molar-refractivity contribution in [3.63, 3.8) is 0 Å². The monoisotopic (exact) mass is 250 g/mol. The molecule has 0 bridgehead atoms. The van der Waals surface area contributed by atoms with E-state index in [0.29, 0.717) is 9.89 Å². The number of nitrogens with one attached hydrogen (secondary N) is 1. The molecule has 0 spiro atoms. The second kappa shape index (κ2) is 6.45. The van der Waals surface area contributed by atoms with Crippen molar-refractivity contribution in [1.82, 2.24) is 10.2 Å². The van der Waals surface area contributed by atoms with Gasteiger partial charge in [0.25, 0.3) is 0 Å². The zero-order chi connectivity index (χ0) is 10.2. The maximum Gasteiger partial charge on any atom is 0.197 e. The molecule has 0 aliphatic carbocycles. The molecule has 0 saturated heterocycles. The number of hydrogen-bond donors (Lipinski definition) is 2. The lowest BCUT2D eigenvalue weighted by molar-refractivity contribution is 0.397. The first-order valence-electron chi connectivity index (χ1n) is 3.24. The first-order chi connectivity index (χ1) is 6.83. The number of nitrogens with two attached hydrogens (primary N) is 1. The van der Waals surface area contributed by atoms with Gasteiger partial charge in [-0.05, 0) is 17.4 Å². The summed E-state index contributed by atoms with van der Waals surface area (Å²) in [6.45, 7) is 0. The molecule has 0 radical (unpaired) electrons. The summed E-state index contributed by atoms with van der Waals surface area (Å²) in [5, 5.41) is 16.0. The van der Waals surface area contributed by atoms with Crippen molar-refractivity contribution in [2.75, 3.05) is 5.94 Å². The molecule has 0 aliphatic heterocycles. The van der Waals surface area contributed by atoms with Gasteiger partial charge in [0.15, 0.2) is 14.7 Å². The van der Waals surface area contributed by atoms with Crippen molar-refractivity contribution < 1.29 is 4.74 Å². The summed E-state index contributed by atoms with van der Waals surface area (Å²) in [5.41, 5.74) is 0. The lowest BCUT2D eigenvalue weighted by atomic mass is 11.4. The minimum Gasteiger partial charge on any atom is -0.470 e. The maximum atomic E-state index is 4.93. The second-order valence-corrected chi connectivity index (χ2v) is 4.57. The van der Waals surface area contributed by atoms with E-state index in [2.05, 4.69) is 25.7 Å². The van der Waals surface area contributed by atoms with Crippen molar-refractivity contribution in [3.05, 3.63) is 3.95 Å². The van der Waals surface area contributed by atoms with Crippen LogP contribution < -0.4 is 5.84 Å². The fourth-order valence-corrected chi connectivity index (χ4v) is 2.23. The Hall–Kier alpha value is -1.00. The maximum absolute atomic E-state index is 4.93. The molecule has 1 aromatic rings. The Morgan fingerprint density at radius 1 is 1.79 bits per heavy atom. The van der Waals surface area contributed by atoms with E-state index in [-0.39, 0.29) is 0 Å². The minimum atomic E-state index is 0.375. The number of thioether (sulfide) groups is 1. The largest absolute Gasteiger partial charge is 0.470 e. The normalized spacial score (nSPS) is 11.4. The van der Waals surface area contributed by atoms with E-state index in [1.807, 2.05) is 0 Å². The van der Waals surface area contributed by atoms with Gasteiger partial charge < -0.3 is 10.6 Å². The zero-order valence-electron chi connectivity index (χ0n) is 6.78. The number of ether oxygens (including phenoxy) is 1. The lowest BCUT2D eigenvalue weighted by Crippen LogP contribution is -1.85. The minimum absolute atomic E-state index is 0.375. The Bertz CT molecular complexity index is 369. The van der Waals surface area contributed by atoms with Gasteiger partial charge in [-0.25, -0.2) is 0 Å². The predicted octanol–water partition coefficient (Wildman–Crippen LogP) is 1.54. The summed E-state index contributed by atoms with van der Waals surface area (Å²) in [6.07, 6.45) is 1.15. The summed E-state index contributed by atoms with van der Waals surface area (Å²) >= 11 is 7.62. The molecule has 0 aromatic carbocycles. The molecule has 0 unspecified atom stereocenters. The van der Waals surface area contributed by atoms with Crippen LogP contribution in [0.15, 0.2) is 19.9 Å². The van der Waals surface area contributed by atoms with Crippen LogP contribution in [0.4, 0.5) is 0 Å². The number of aromatic nitrogens is 2. The van der Waals surface area contributed by atoms with E-state index in [9.17, 15) is 0 Å². The smallest absolute Gasteiger partial charge is 0.197 e. The molecule has 14 heavy (non-hydrogen) atoms. The van der Waals surface area contributed by atoms with Crippen molar-refractivity contribution in [3.8, 4) is 0 Å². The third-order valence-electron chi connectivity index (χ3n) is 0.894. The van der Waals surface area contributed by atoms with Crippen LogP contribution in [0.3, 0.4) is 0 Å². The Labute approximate surface area is 92.4 Å². The molecule has 10 heteroatoms. The van der Waals surface area contributed by atoms with Crippen LogP contribution in [-0.2, 0) is 4.74 Å². The summed E-state index contributed by atoms with van der Waals surface area (Å²) < 4.78 is 6.38. The fraction of sp³-hybridized carbons (Fsp3) is 0.250. The zero-order valence-corrected chi connectivity index (χ0v) is 9.23. The molecule has 0 amide bonds. The Balaban J connectivity index is 2.19. The lowest BCUT2D eigenvalue weighted by Gasteiger charge is -1.93. The van der Waals surface area contributed by atoms with Gasteiger partial charge >= 0.3 is 0 Å². The van der Waals surface area contributed by atoms with Crippen LogP contribution in [-0.4, -0.2) is 22.5 Å². The molecule has 0 aliphatic rings. The average molecular weight is 250 g/mol. The van der Waals surface area contributed by atoms with Gasteiger partial charge in [-0.3, -0.25) is 5.10 Å². The van der Waals surface area contributed by atoms with Crippen molar-refractivity contribution >= 4 is 41.7 Å². The third-order valence-corrected chi connectivity index (χ3v) is 2.97. The molecule has 1 aromatic heterocycles. The third kappa shape index (κ3) is 4.30. The number of hydrogen-bond acceptors (Lipinski definition) is 7. The molecule has 7 nitrogen and oxygen atoms in total. The molecular weight excluding hydrogens is 244 g/mol. The second-order valence-electron chi connectivity index (χ2n) is 1.73. The van der Waals surface area contributed by atoms with Crippen LogP contribution in [0.2, 0.25) is 0 Å². The quantitative estimate of drug-likeness (QED) is 0.0949. The van der Waals surface area contributed by atoms with Gasteiger partial charge in [0.1, 0.15) is 5.94 Å². The molecule has 1 heterocycles. The number of H-pyrrole nitrogens is 1. The molecule has 76 valence electrons. The summed E-state index contributed by atoms with van der Waals surface area (Å²) in [6, 6.07) is 0. The summed E-state index contributed by atoms with van der Waals surface area (Å²) in [5.74, 6) is 5.07. The molecule has 0 fully saturated rings. The van der Waals surface area contributed by atoms with Gasteiger partial charge in [0, 0.05) is 0 Å². The highest BCUT2D eigenvalue weighted by atomic mass is 32.2. The van der Waals surface area contributed by atoms with Crippen LogP contribution in [0, 0.1) is 3.95 Å². The van der Waals surface area contributed by atoms with Crippen LogP contribution >= 0.6 is 35.3 Å². The van der Waals surface area contributed by atoms with E-state index in [4.69, 9.17) is 22.8 Å². The first-order valence-corrected chi connectivity index (χ1v) is 5.45. The highest BCUT2D eigenvalue weighted by Crippen LogP contribution is 2.19. The number of aromatic amines is 1. The van der Waals surface area contributed by atoms with E-state index in [1.165, 1.54) is 23.1 Å². The van der Waals surface area contributed by atoms with Crippen molar-refractivity contribution in [2.45, 2.75) is 4.34 Å².